The summed E-state index contributed by atoms with van der Waals surface area (Å²) >= 11 is -0.260. The summed E-state index contributed by atoms with van der Waals surface area (Å²) in [5, 5.41) is 2.75. The van der Waals surface area contributed by atoms with Gasteiger partial charge in [-0.3, -0.25) is 4.79 Å². The number of carbonyl (C=O) groups excluding carboxylic acids is 2. The normalized spacial score (nSPS) is 21.8. The van der Waals surface area contributed by atoms with Gasteiger partial charge < -0.3 is 15.0 Å². The fourth-order valence-electron chi connectivity index (χ4n) is 4.34. The van der Waals surface area contributed by atoms with Gasteiger partial charge in [0, 0.05) is 30.8 Å². The van der Waals surface area contributed by atoms with Crippen LogP contribution in [0.2, 0.25) is 0 Å². The number of halogens is 3. The molecule has 4 rings (SSSR count). The number of alkyl halides is 3. The molecule has 2 saturated heterocycles. The van der Waals surface area contributed by atoms with Crippen LogP contribution in [0, 0.1) is 0 Å². The van der Waals surface area contributed by atoms with E-state index in [4.69, 9.17) is 4.74 Å². The number of imide groups is 1. The average Bonchev–Trinajstić information content (AvgIpc) is 3.39. The van der Waals surface area contributed by atoms with Gasteiger partial charge in [-0.05, 0) is 80.4 Å². The number of pyridine rings is 1. The van der Waals surface area contributed by atoms with Crippen molar-refractivity contribution in [2.75, 3.05) is 29.5 Å². The Morgan fingerprint density at radius 2 is 1.85 bits per heavy atom. The Labute approximate surface area is 199 Å². The molecule has 2 aliphatic rings. The number of thioether (sulfide) groups is 1. The summed E-state index contributed by atoms with van der Waals surface area (Å²) in [7, 11) is 0. The number of hydrogen-bond acceptors (Lipinski definition) is 6. The van der Waals surface area contributed by atoms with Crippen molar-refractivity contribution in [3.63, 3.8) is 0 Å². The number of nitrogens with zero attached hydrogens (tertiary/aromatic N) is 3. The molecule has 0 spiro atoms. The smallest absolute Gasteiger partial charge is 0.371 e. The molecule has 0 saturated carbocycles. The van der Waals surface area contributed by atoms with Crippen molar-refractivity contribution >= 4 is 35.2 Å². The first-order valence-electron chi connectivity index (χ1n) is 11.0. The second kappa shape index (κ2) is 9.46. The number of aromatic nitrogens is 1. The molecule has 3 amide bonds. The van der Waals surface area contributed by atoms with Crippen molar-refractivity contribution in [1.29, 1.82) is 0 Å². The predicted molar refractivity (Wildman–Crippen MR) is 123 cm³/mol. The number of ether oxygens (including phenoxy) is 1. The number of nitrogens with one attached hydrogen (secondary N) is 1. The highest BCUT2D eigenvalue weighted by Gasteiger charge is 2.54. The van der Waals surface area contributed by atoms with Gasteiger partial charge in [-0.1, -0.05) is 0 Å². The summed E-state index contributed by atoms with van der Waals surface area (Å²) in [5.41, 5.74) is -4.96. The van der Waals surface area contributed by atoms with Crippen LogP contribution in [-0.4, -0.2) is 47.7 Å². The molecule has 1 N–H and O–H groups in total. The first-order valence-corrected chi connectivity index (χ1v) is 11.8. The summed E-state index contributed by atoms with van der Waals surface area (Å²) in [6.45, 7) is 5.50. The number of carbonyl (C=O) groups is 2. The first kappa shape index (κ1) is 24.3. The highest BCUT2D eigenvalue weighted by Crippen LogP contribution is 2.40. The molecule has 7 nitrogen and oxygen atoms in total. The van der Waals surface area contributed by atoms with Gasteiger partial charge in [0.05, 0.1) is 5.69 Å². The Morgan fingerprint density at radius 3 is 2.47 bits per heavy atom. The zero-order valence-electron chi connectivity index (χ0n) is 18.8. The molecule has 182 valence electrons. The lowest BCUT2D eigenvalue weighted by Crippen LogP contribution is -2.50. The summed E-state index contributed by atoms with van der Waals surface area (Å²) in [5.74, 6) is 0.237. The molecule has 3 heterocycles. The zero-order valence-corrected chi connectivity index (χ0v) is 19.6. The van der Waals surface area contributed by atoms with E-state index in [2.05, 4.69) is 15.2 Å². The van der Waals surface area contributed by atoms with Gasteiger partial charge in [0.25, 0.3) is 5.91 Å². The molecule has 2 fully saturated rings. The van der Waals surface area contributed by atoms with Crippen LogP contribution >= 0.6 is 11.8 Å². The van der Waals surface area contributed by atoms with Crippen molar-refractivity contribution in [1.82, 2.24) is 10.3 Å². The number of benzene rings is 1. The van der Waals surface area contributed by atoms with Crippen molar-refractivity contribution in [3.8, 4) is 0 Å². The molecule has 1 aromatic heterocycles. The van der Waals surface area contributed by atoms with Gasteiger partial charge >= 0.3 is 11.5 Å². The maximum Gasteiger partial charge on any atom is 0.446 e. The largest absolute Gasteiger partial charge is 0.446 e. The number of anilines is 2. The Kier molecular flexibility index (Phi) is 6.77. The topological polar surface area (TPSA) is 74.8 Å². The van der Waals surface area contributed by atoms with Crippen LogP contribution in [0.3, 0.4) is 0 Å². The Bertz CT molecular complexity index is 1060. The van der Waals surface area contributed by atoms with Gasteiger partial charge in [0.15, 0.2) is 0 Å². The predicted octanol–water partition coefficient (Wildman–Crippen LogP) is 4.89. The third-order valence-electron chi connectivity index (χ3n) is 5.91. The minimum Gasteiger partial charge on any atom is -0.371 e. The van der Waals surface area contributed by atoms with Gasteiger partial charge in [-0.15, -0.1) is 0 Å². The molecule has 0 radical (unpaired) electrons. The fourth-order valence-corrected chi connectivity index (χ4v) is 4.88. The number of rotatable bonds is 7. The highest BCUT2D eigenvalue weighted by atomic mass is 32.2. The van der Waals surface area contributed by atoms with Crippen LogP contribution in [0.25, 0.3) is 0 Å². The van der Waals surface area contributed by atoms with Gasteiger partial charge in [-0.2, -0.15) is 13.2 Å². The Hall–Kier alpha value is -2.79. The molecular weight excluding hydrogens is 469 g/mol. The van der Waals surface area contributed by atoms with E-state index in [-0.39, 0.29) is 22.3 Å². The standard InChI is InChI=1S/C23H25F3N4O3S/c1-3-33-19(15-10-11-27-18(14-15)29-12-4-5-13-29)22(2)20(31)30(21(32)28-22)16-6-8-17(9-7-16)34-23(24,25)26/h6-11,14,19H,3-5,12-13H2,1-2H3,(H,28,32). The van der Waals surface area contributed by atoms with Crippen LogP contribution in [0.1, 0.15) is 38.4 Å². The number of amides is 3. The van der Waals surface area contributed by atoms with Gasteiger partial charge in [-0.25, -0.2) is 14.7 Å². The third kappa shape index (κ3) is 4.85. The SMILES string of the molecule is CCOC(c1ccnc(N2CCCC2)c1)C1(C)NC(=O)N(c2ccc(SC(F)(F)F)cc2)C1=O. The summed E-state index contributed by atoms with van der Waals surface area (Å²) in [6.07, 6.45) is 3.04. The van der Waals surface area contributed by atoms with Crippen LogP contribution in [0.5, 0.6) is 0 Å². The molecule has 11 heteroatoms. The van der Waals surface area contributed by atoms with Crippen LogP contribution in [0.4, 0.5) is 29.5 Å². The summed E-state index contributed by atoms with van der Waals surface area (Å²) in [6, 6.07) is 8.08. The van der Waals surface area contributed by atoms with Gasteiger partial charge in [0.1, 0.15) is 17.5 Å². The zero-order chi connectivity index (χ0) is 24.5. The van der Waals surface area contributed by atoms with Crippen molar-refractivity contribution in [2.24, 2.45) is 0 Å². The maximum absolute atomic E-state index is 13.5. The van der Waals surface area contributed by atoms with Gasteiger partial charge in [0.2, 0.25) is 0 Å². The minimum atomic E-state index is -4.43. The van der Waals surface area contributed by atoms with E-state index in [1.165, 1.54) is 24.3 Å². The molecule has 0 aliphatic carbocycles. The monoisotopic (exact) mass is 494 g/mol. The van der Waals surface area contributed by atoms with E-state index in [9.17, 15) is 22.8 Å². The van der Waals surface area contributed by atoms with Crippen molar-refractivity contribution < 1.29 is 27.5 Å². The second-order valence-electron chi connectivity index (χ2n) is 8.29. The lowest BCUT2D eigenvalue weighted by molar-refractivity contribution is -0.127. The molecule has 2 unspecified atom stereocenters. The lowest BCUT2D eigenvalue weighted by Gasteiger charge is -2.32. The molecule has 34 heavy (non-hydrogen) atoms. The molecule has 2 atom stereocenters. The van der Waals surface area contributed by atoms with E-state index in [0.29, 0.717) is 12.2 Å². The van der Waals surface area contributed by atoms with Crippen LogP contribution in [-0.2, 0) is 9.53 Å². The molecule has 2 aromatic rings. The Balaban J connectivity index is 1.62. The molecule has 1 aromatic carbocycles. The molecule has 2 aliphatic heterocycles. The lowest BCUT2D eigenvalue weighted by atomic mass is 9.89. The number of hydrogen-bond donors (Lipinski definition) is 1. The highest BCUT2D eigenvalue weighted by molar-refractivity contribution is 8.00. The van der Waals surface area contributed by atoms with E-state index in [1.54, 1.807) is 26.1 Å². The average molecular weight is 495 g/mol. The van der Waals surface area contributed by atoms with Crippen molar-refractivity contribution in [3.05, 3.63) is 48.2 Å². The van der Waals surface area contributed by atoms with E-state index >= 15 is 0 Å². The second-order valence-corrected chi connectivity index (χ2v) is 9.43. The first-order chi connectivity index (χ1) is 16.1. The van der Waals surface area contributed by atoms with E-state index in [1.807, 2.05) is 6.07 Å². The Morgan fingerprint density at radius 1 is 1.18 bits per heavy atom. The molecule has 0 bridgehead atoms. The fraction of sp³-hybridized carbons (Fsp3) is 0.435. The van der Waals surface area contributed by atoms with Crippen LogP contribution in [0.15, 0.2) is 47.5 Å². The maximum atomic E-state index is 13.5. The van der Waals surface area contributed by atoms with Crippen LogP contribution < -0.4 is 15.1 Å². The number of urea groups is 1. The minimum absolute atomic E-state index is 0.0375. The van der Waals surface area contributed by atoms with E-state index in [0.717, 1.165) is 36.6 Å². The third-order valence-corrected chi connectivity index (χ3v) is 6.64. The van der Waals surface area contributed by atoms with E-state index < -0.39 is 29.1 Å². The quantitative estimate of drug-likeness (QED) is 0.437. The van der Waals surface area contributed by atoms with Crippen molar-refractivity contribution in [2.45, 2.75) is 48.7 Å². The summed E-state index contributed by atoms with van der Waals surface area (Å²) in [4.78, 5) is 33.9. The molecular formula is C23H25F3N4O3S. The summed E-state index contributed by atoms with van der Waals surface area (Å²) < 4.78 is 43.9.